The minimum Gasteiger partial charge on any atom is -0.341 e. The molecule has 2 aliphatic heterocycles. The topological polar surface area (TPSA) is 51.0 Å². The van der Waals surface area contributed by atoms with Gasteiger partial charge in [-0.1, -0.05) is 34.5 Å². The summed E-state index contributed by atoms with van der Waals surface area (Å²) in [4.78, 5) is 15.6. The Morgan fingerprint density at radius 3 is 2.64 bits per heavy atom. The lowest BCUT2D eigenvalue weighted by atomic mass is 9.91. The molecule has 1 aromatic carbocycles. The lowest BCUT2D eigenvalue weighted by Crippen LogP contribution is -2.45. The van der Waals surface area contributed by atoms with Crippen molar-refractivity contribution in [1.29, 1.82) is 0 Å². The highest BCUT2D eigenvalue weighted by Crippen LogP contribution is 2.50. The maximum absolute atomic E-state index is 13.5. The van der Waals surface area contributed by atoms with Crippen LogP contribution in [0.15, 0.2) is 28.7 Å². The molecule has 1 saturated heterocycles. The minimum absolute atomic E-state index is 0.287. The van der Waals surface area contributed by atoms with Crippen LogP contribution in [0.25, 0.3) is 0 Å². The van der Waals surface area contributed by atoms with Crippen molar-refractivity contribution < 1.29 is 4.79 Å². The second-order valence-corrected chi connectivity index (χ2v) is 9.53. The van der Waals surface area contributed by atoms with E-state index >= 15 is 0 Å². The number of benzene rings is 1. The van der Waals surface area contributed by atoms with Gasteiger partial charge in [-0.25, -0.2) is 0 Å². The van der Waals surface area contributed by atoms with E-state index in [0.717, 1.165) is 67.9 Å². The number of rotatable bonds is 3. The molecule has 3 aliphatic rings. The Kier molecular flexibility index (Phi) is 4.77. The second kappa shape index (κ2) is 7.29. The highest BCUT2D eigenvalue weighted by Gasteiger charge is 2.53. The molecule has 5 nitrogen and oxygen atoms in total. The third kappa shape index (κ3) is 3.19. The van der Waals surface area contributed by atoms with Gasteiger partial charge in [-0.3, -0.25) is 4.79 Å². The van der Waals surface area contributed by atoms with Crippen molar-refractivity contribution >= 4 is 21.8 Å². The second-order valence-electron chi connectivity index (χ2n) is 8.62. The summed E-state index contributed by atoms with van der Waals surface area (Å²) in [6, 6.07) is 8.31. The van der Waals surface area contributed by atoms with E-state index in [0.29, 0.717) is 11.8 Å². The van der Waals surface area contributed by atoms with Gasteiger partial charge < -0.3 is 9.47 Å². The van der Waals surface area contributed by atoms with Crippen LogP contribution >= 0.6 is 15.9 Å². The molecule has 1 unspecified atom stereocenters. The van der Waals surface area contributed by atoms with Gasteiger partial charge in [0.2, 0.25) is 5.91 Å². The standard InChI is InChI=1S/C22H27BrN4O/c23-18-9-7-17(8-10-18)22(11-12-22)21(28)26-13-4-5-16(15-26)20-25-24-19-6-2-1-3-14-27(19)20/h7-10,16H,1-6,11-15H2. The zero-order valence-corrected chi connectivity index (χ0v) is 17.8. The highest BCUT2D eigenvalue weighted by atomic mass is 79.9. The molecule has 2 fully saturated rings. The van der Waals surface area contributed by atoms with Gasteiger partial charge in [0.1, 0.15) is 11.6 Å². The molecule has 0 bridgehead atoms. The summed E-state index contributed by atoms with van der Waals surface area (Å²) in [5.74, 6) is 2.89. The van der Waals surface area contributed by atoms with Crippen molar-refractivity contribution in [2.75, 3.05) is 13.1 Å². The Morgan fingerprint density at radius 1 is 1.04 bits per heavy atom. The quantitative estimate of drug-likeness (QED) is 0.715. The molecule has 1 aromatic heterocycles. The highest BCUT2D eigenvalue weighted by molar-refractivity contribution is 9.10. The van der Waals surface area contributed by atoms with E-state index in [4.69, 9.17) is 0 Å². The molecular weight excluding hydrogens is 416 g/mol. The Labute approximate surface area is 174 Å². The Bertz CT molecular complexity index is 871. The first-order chi connectivity index (χ1) is 13.7. The number of amides is 1. The molecule has 0 spiro atoms. The average molecular weight is 443 g/mol. The van der Waals surface area contributed by atoms with Gasteiger partial charge in [0.15, 0.2) is 0 Å². The number of fused-ring (bicyclic) bond motifs is 1. The molecule has 1 aliphatic carbocycles. The van der Waals surface area contributed by atoms with Crippen LogP contribution in [0.1, 0.15) is 68.1 Å². The van der Waals surface area contributed by atoms with Crippen LogP contribution in [-0.2, 0) is 23.2 Å². The van der Waals surface area contributed by atoms with Crippen LogP contribution in [0.2, 0.25) is 0 Å². The summed E-state index contributed by atoms with van der Waals surface area (Å²) >= 11 is 3.50. The van der Waals surface area contributed by atoms with Crippen LogP contribution < -0.4 is 0 Å². The van der Waals surface area contributed by atoms with Gasteiger partial charge in [-0.2, -0.15) is 0 Å². The number of hydrogen-bond donors (Lipinski definition) is 0. The van der Waals surface area contributed by atoms with Crippen molar-refractivity contribution in [3.05, 3.63) is 46.0 Å². The lowest BCUT2D eigenvalue weighted by molar-refractivity contribution is -0.135. The fourth-order valence-electron chi connectivity index (χ4n) is 5.00. The zero-order chi connectivity index (χ0) is 19.1. The number of aromatic nitrogens is 3. The molecule has 0 radical (unpaired) electrons. The van der Waals surface area contributed by atoms with E-state index in [1.165, 1.54) is 24.8 Å². The third-order valence-corrected chi connectivity index (χ3v) is 7.30. The van der Waals surface area contributed by atoms with Crippen molar-refractivity contribution in [3.8, 4) is 0 Å². The summed E-state index contributed by atoms with van der Waals surface area (Å²) in [7, 11) is 0. The molecule has 148 valence electrons. The van der Waals surface area contributed by atoms with Crippen LogP contribution in [0.4, 0.5) is 0 Å². The number of hydrogen-bond acceptors (Lipinski definition) is 3. The van der Waals surface area contributed by atoms with E-state index in [1.807, 2.05) is 12.1 Å². The number of carbonyl (C=O) groups excluding carboxylic acids is 1. The van der Waals surface area contributed by atoms with Crippen LogP contribution in [-0.4, -0.2) is 38.7 Å². The fourth-order valence-corrected chi connectivity index (χ4v) is 5.27. The van der Waals surface area contributed by atoms with Gasteiger partial charge >= 0.3 is 0 Å². The molecule has 1 atom stereocenters. The summed E-state index contributed by atoms with van der Waals surface area (Å²) in [5.41, 5.74) is 0.879. The van der Waals surface area contributed by atoms with E-state index < -0.39 is 0 Å². The SMILES string of the molecule is O=C(N1CCCC(c2nnc3n2CCCCC3)C1)C1(c2ccc(Br)cc2)CC1. The van der Waals surface area contributed by atoms with Gasteiger partial charge in [0, 0.05) is 36.4 Å². The molecule has 0 N–H and O–H groups in total. The van der Waals surface area contributed by atoms with Gasteiger partial charge in [0.25, 0.3) is 0 Å². The Morgan fingerprint density at radius 2 is 1.86 bits per heavy atom. The fraction of sp³-hybridized carbons (Fsp3) is 0.591. The van der Waals surface area contributed by atoms with Crippen molar-refractivity contribution in [1.82, 2.24) is 19.7 Å². The van der Waals surface area contributed by atoms with Crippen molar-refractivity contribution in [2.45, 2.75) is 69.2 Å². The number of carbonyl (C=O) groups is 1. The summed E-state index contributed by atoms with van der Waals surface area (Å²) in [6.45, 7) is 2.69. The largest absolute Gasteiger partial charge is 0.341 e. The smallest absolute Gasteiger partial charge is 0.233 e. The molecular formula is C22H27BrN4O. The van der Waals surface area contributed by atoms with Gasteiger partial charge in [-0.05, 0) is 56.2 Å². The van der Waals surface area contributed by atoms with Crippen LogP contribution in [0, 0.1) is 0 Å². The summed E-state index contributed by atoms with van der Waals surface area (Å²) in [6.07, 6.45) is 8.82. The summed E-state index contributed by atoms with van der Waals surface area (Å²) < 4.78 is 3.41. The lowest BCUT2D eigenvalue weighted by Gasteiger charge is -2.35. The first kappa shape index (κ1) is 18.3. The Balaban J connectivity index is 1.36. The maximum Gasteiger partial charge on any atom is 0.233 e. The molecule has 6 heteroatoms. The van der Waals surface area contributed by atoms with Crippen molar-refractivity contribution in [2.24, 2.45) is 0 Å². The van der Waals surface area contributed by atoms with Gasteiger partial charge in [-0.15, -0.1) is 10.2 Å². The molecule has 28 heavy (non-hydrogen) atoms. The van der Waals surface area contributed by atoms with E-state index in [-0.39, 0.29) is 5.41 Å². The molecule has 1 amide bonds. The predicted octanol–water partition coefficient (Wildman–Crippen LogP) is 4.20. The third-order valence-electron chi connectivity index (χ3n) is 6.77. The number of halogens is 1. The van der Waals surface area contributed by atoms with E-state index in [9.17, 15) is 4.79 Å². The number of piperidine rings is 1. The van der Waals surface area contributed by atoms with E-state index in [1.54, 1.807) is 0 Å². The zero-order valence-electron chi connectivity index (χ0n) is 16.2. The maximum atomic E-state index is 13.5. The Hall–Kier alpha value is -1.69. The van der Waals surface area contributed by atoms with Gasteiger partial charge in [0.05, 0.1) is 5.41 Å². The molecule has 1 saturated carbocycles. The predicted molar refractivity (Wildman–Crippen MR) is 111 cm³/mol. The first-order valence-corrected chi connectivity index (χ1v) is 11.4. The number of nitrogens with zero attached hydrogens (tertiary/aromatic N) is 4. The molecule has 2 aromatic rings. The number of likely N-dealkylation sites (tertiary alicyclic amines) is 1. The minimum atomic E-state index is -0.287. The van der Waals surface area contributed by atoms with Crippen molar-refractivity contribution in [3.63, 3.8) is 0 Å². The first-order valence-electron chi connectivity index (χ1n) is 10.6. The average Bonchev–Trinajstić information content (AvgIpc) is 3.48. The van der Waals surface area contributed by atoms with E-state index in [2.05, 4.69) is 47.7 Å². The normalized spacial score (nSPS) is 23.8. The molecule has 5 rings (SSSR count). The van der Waals surface area contributed by atoms with Crippen LogP contribution in [0.5, 0.6) is 0 Å². The monoisotopic (exact) mass is 442 g/mol. The number of aryl methyl sites for hydroxylation is 1. The molecule has 3 heterocycles. The van der Waals surface area contributed by atoms with Crippen LogP contribution in [0.3, 0.4) is 0 Å². The summed E-state index contributed by atoms with van der Waals surface area (Å²) in [5, 5.41) is 9.06.